The van der Waals surface area contributed by atoms with Gasteiger partial charge in [0.15, 0.2) is 0 Å². The number of rotatable bonds is 3. The number of nitrogens with one attached hydrogen (secondary N) is 2. The molecular formula is C8H14N4O3S2. The third-order valence-electron chi connectivity index (χ3n) is 1.36. The number of aromatic nitrogens is 2. The fraction of sp³-hybridized carbons (Fsp3) is 0.625. The maximum Gasteiger partial charge on any atom is 0.270 e. The second-order valence-corrected chi connectivity index (χ2v) is 7.24. The van der Waals surface area contributed by atoms with Crippen LogP contribution >= 0.6 is 11.3 Å². The highest BCUT2D eigenvalue weighted by Gasteiger charge is 2.25. The Morgan fingerprint density at radius 2 is 1.88 bits per heavy atom. The number of sulfonamides is 1. The van der Waals surface area contributed by atoms with E-state index < -0.39 is 15.6 Å². The summed E-state index contributed by atoms with van der Waals surface area (Å²) in [6.07, 6.45) is 0. The molecule has 0 spiro atoms. The van der Waals surface area contributed by atoms with Crippen molar-refractivity contribution < 1.29 is 13.2 Å². The molecule has 96 valence electrons. The second-order valence-electron chi connectivity index (χ2n) is 4.41. The highest BCUT2D eigenvalue weighted by atomic mass is 32.2. The molecule has 2 N–H and O–H groups in total. The van der Waals surface area contributed by atoms with Crippen molar-refractivity contribution in [3.05, 3.63) is 0 Å². The quantitative estimate of drug-likeness (QED) is 0.787. The molecule has 7 nitrogen and oxygen atoms in total. The number of hydrogen-bond donors (Lipinski definition) is 2. The minimum Gasteiger partial charge on any atom is -0.301 e. The Kier molecular flexibility index (Phi) is 3.84. The molecule has 0 radical (unpaired) electrons. The van der Waals surface area contributed by atoms with Crippen molar-refractivity contribution in [2.24, 2.45) is 0 Å². The summed E-state index contributed by atoms with van der Waals surface area (Å²) in [6, 6.07) is 0. The van der Waals surface area contributed by atoms with E-state index in [0.29, 0.717) is 0 Å². The van der Waals surface area contributed by atoms with E-state index in [9.17, 15) is 13.2 Å². The SMILES string of the molecule is CC(=O)Nc1nnc(S(=O)(=O)NC(C)(C)C)s1. The van der Waals surface area contributed by atoms with Crippen LogP contribution in [0.4, 0.5) is 5.13 Å². The van der Waals surface area contributed by atoms with Crippen molar-refractivity contribution in [2.45, 2.75) is 37.6 Å². The maximum absolute atomic E-state index is 11.8. The molecule has 0 atom stereocenters. The molecule has 17 heavy (non-hydrogen) atoms. The minimum absolute atomic E-state index is 0.159. The molecule has 0 aliphatic rings. The van der Waals surface area contributed by atoms with E-state index in [-0.39, 0.29) is 15.4 Å². The van der Waals surface area contributed by atoms with E-state index in [4.69, 9.17) is 0 Å². The molecular weight excluding hydrogens is 264 g/mol. The standard InChI is InChI=1S/C8H14N4O3S2/c1-5(13)9-6-10-11-7(16-6)17(14,15)12-8(2,3)4/h12H,1-4H3,(H,9,10,13). The highest BCUT2D eigenvalue weighted by molar-refractivity contribution is 7.91. The lowest BCUT2D eigenvalue weighted by atomic mass is 10.1. The van der Waals surface area contributed by atoms with Gasteiger partial charge in [0.25, 0.3) is 10.0 Å². The van der Waals surface area contributed by atoms with Crippen LogP contribution in [0.15, 0.2) is 4.34 Å². The summed E-state index contributed by atoms with van der Waals surface area (Å²) in [7, 11) is -3.69. The van der Waals surface area contributed by atoms with Crippen LogP contribution in [0.25, 0.3) is 0 Å². The number of hydrogen-bond acceptors (Lipinski definition) is 6. The monoisotopic (exact) mass is 278 g/mol. The van der Waals surface area contributed by atoms with Gasteiger partial charge < -0.3 is 5.32 Å². The minimum atomic E-state index is -3.69. The van der Waals surface area contributed by atoms with Gasteiger partial charge in [-0.2, -0.15) is 0 Å². The van der Waals surface area contributed by atoms with Crippen molar-refractivity contribution in [3.8, 4) is 0 Å². The fourth-order valence-corrected chi connectivity index (χ4v) is 3.33. The average Bonchev–Trinajstić information content (AvgIpc) is 2.46. The van der Waals surface area contributed by atoms with Crippen molar-refractivity contribution in [3.63, 3.8) is 0 Å². The van der Waals surface area contributed by atoms with Crippen LogP contribution in [-0.2, 0) is 14.8 Å². The zero-order chi connectivity index (χ0) is 13.3. The summed E-state index contributed by atoms with van der Waals surface area (Å²) < 4.78 is 25.9. The van der Waals surface area contributed by atoms with Gasteiger partial charge in [-0.15, -0.1) is 10.2 Å². The van der Waals surface area contributed by atoms with E-state index in [1.807, 2.05) is 0 Å². The van der Waals surface area contributed by atoms with E-state index in [2.05, 4.69) is 20.2 Å². The fourth-order valence-electron chi connectivity index (χ4n) is 0.966. The Balaban J connectivity index is 2.93. The average molecular weight is 278 g/mol. The van der Waals surface area contributed by atoms with Gasteiger partial charge in [0.05, 0.1) is 0 Å². The first-order chi connectivity index (χ1) is 7.60. The number of nitrogens with zero attached hydrogens (tertiary/aromatic N) is 2. The normalized spacial score (nSPS) is 12.5. The smallest absolute Gasteiger partial charge is 0.270 e. The summed E-state index contributed by atoms with van der Waals surface area (Å²) in [5.74, 6) is -0.325. The van der Waals surface area contributed by atoms with Gasteiger partial charge in [0.2, 0.25) is 15.4 Å². The molecule has 0 aliphatic heterocycles. The number of amides is 1. The van der Waals surface area contributed by atoms with Crippen LogP contribution in [0.5, 0.6) is 0 Å². The molecule has 0 saturated carbocycles. The lowest BCUT2D eigenvalue weighted by Crippen LogP contribution is -2.40. The number of anilines is 1. The Labute approximate surface area is 104 Å². The van der Waals surface area contributed by atoms with Crippen LogP contribution < -0.4 is 10.0 Å². The first-order valence-electron chi connectivity index (χ1n) is 4.75. The van der Waals surface area contributed by atoms with Gasteiger partial charge in [0.1, 0.15) is 0 Å². The summed E-state index contributed by atoms with van der Waals surface area (Å²) >= 11 is 0.804. The molecule has 0 unspecified atom stereocenters. The van der Waals surface area contributed by atoms with Gasteiger partial charge in [0, 0.05) is 12.5 Å². The topological polar surface area (TPSA) is 101 Å². The molecule has 1 heterocycles. The lowest BCUT2D eigenvalue weighted by Gasteiger charge is -2.18. The third-order valence-corrected chi connectivity index (χ3v) is 4.32. The van der Waals surface area contributed by atoms with E-state index in [0.717, 1.165) is 11.3 Å². The molecule has 0 saturated heterocycles. The second kappa shape index (κ2) is 4.67. The summed E-state index contributed by atoms with van der Waals surface area (Å²) in [4.78, 5) is 10.8. The molecule has 0 fully saturated rings. The predicted octanol–water partition coefficient (Wildman–Crippen LogP) is 0.573. The summed E-state index contributed by atoms with van der Waals surface area (Å²) in [5.41, 5.74) is -0.599. The van der Waals surface area contributed by atoms with Gasteiger partial charge >= 0.3 is 0 Å². The number of carbonyl (C=O) groups is 1. The molecule has 1 aromatic rings. The van der Waals surface area contributed by atoms with Crippen LogP contribution in [0, 0.1) is 0 Å². The predicted molar refractivity (Wildman–Crippen MR) is 64.3 cm³/mol. The van der Waals surface area contributed by atoms with Gasteiger partial charge in [-0.1, -0.05) is 11.3 Å². The molecule has 0 aliphatic carbocycles. The van der Waals surface area contributed by atoms with Crippen LogP contribution in [0.1, 0.15) is 27.7 Å². The van der Waals surface area contributed by atoms with Crippen molar-refractivity contribution in [1.82, 2.24) is 14.9 Å². The Morgan fingerprint density at radius 1 is 1.29 bits per heavy atom. The molecule has 0 aromatic carbocycles. The molecule has 0 bridgehead atoms. The zero-order valence-electron chi connectivity index (χ0n) is 9.94. The molecule has 1 aromatic heterocycles. The van der Waals surface area contributed by atoms with Crippen molar-refractivity contribution in [2.75, 3.05) is 5.32 Å². The first kappa shape index (κ1) is 14.0. The Hall–Kier alpha value is -1.06. The van der Waals surface area contributed by atoms with Crippen LogP contribution in [0.2, 0.25) is 0 Å². The van der Waals surface area contributed by atoms with Gasteiger partial charge in [-0.25, -0.2) is 13.1 Å². The number of carbonyl (C=O) groups excluding carboxylic acids is 1. The maximum atomic E-state index is 11.8. The van der Waals surface area contributed by atoms with Crippen molar-refractivity contribution in [1.29, 1.82) is 0 Å². The molecule has 1 rings (SSSR count). The first-order valence-corrected chi connectivity index (χ1v) is 7.05. The molecule has 1 amide bonds. The van der Waals surface area contributed by atoms with Crippen molar-refractivity contribution >= 4 is 32.4 Å². The molecule has 9 heteroatoms. The van der Waals surface area contributed by atoms with E-state index in [1.54, 1.807) is 20.8 Å². The zero-order valence-corrected chi connectivity index (χ0v) is 11.6. The van der Waals surface area contributed by atoms with E-state index >= 15 is 0 Å². The lowest BCUT2D eigenvalue weighted by molar-refractivity contribution is -0.114. The summed E-state index contributed by atoms with van der Waals surface area (Å²) in [6.45, 7) is 6.48. The Morgan fingerprint density at radius 3 is 2.35 bits per heavy atom. The summed E-state index contributed by atoms with van der Waals surface area (Å²) in [5, 5.41) is 9.63. The third kappa shape index (κ3) is 4.36. The Bertz CT molecular complexity index is 515. The van der Waals surface area contributed by atoms with Crippen LogP contribution in [-0.4, -0.2) is 30.1 Å². The van der Waals surface area contributed by atoms with Gasteiger partial charge in [-0.3, -0.25) is 4.79 Å². The van der Waals surface area contributed by atoms with Crippen LogP contribution in [0.3, 0.4) is 0 Å². The highest BCUT2D eigenvalue weighted by Crippen LogP contribution is 2.20. The van der Waals surface area contributed by atoms with Gasteiger partial charge in [-0.05, 0) is 20.8 Å². The largest absolute Gasteiger partial charge is 0.301 e. The van der Waals surface area contributed by atoms with E-state index in [1.165, 1.54) is 6.92 Å².